The van der Waals surface area contributed by atoms with E-state index in [-0.39, 0.29) is 11.9 Å². The largest absolute Gasteiger partial charge is 0.310 e. The summed E-state index contributed by atoms with van der Waals surface area (Å²) in [4.78, 5) is 24.0. The van der Waals surface area contributed by atoms with E-state index in [1.54, 1.807) is 17.6 Å². The van der Waals surface area contributed by atoms with Crippen LogP contribution < -0.4 is 4.90 Å². The molecule has 0 N–H and O–H groups in total. The number of pyridine rings is 2. The summed E-state index contributed by atoms with van der Waals surface area (Å²) < 4.78 is 4.77. The van der Waals surface area contributed by atoms with Gasteiger partial charge in [-0.25, -0.2) is 9.97 Å². The van der Waals surface area contributed by atoms with Crippen LogP contribution in [0.5, 0.6) is 0 Å². The molecule has 5 aromatic heterocycles. The fourth-order valence-electron chi connectivity index (χ4n) is 4.04. The van der Waals surface area contributed by atoms with Gasteiger partial charge in [0.25, 0.3) is 5.91 Å². The van der Waals surface area contributed by atoms with Gasteiger partial charge < -0.3 is 9.13 Å². The molecule has 10 nitrogen and oxygen atoms in total. The third kappa shape index (κ3) is 5.14. The normalized spacial score (nSPS) is 12.7. The summed E-state index contributed by atoms with van der Waals surface area (Å²) in [5, 5.41) is 18.1. The highest BCUT2D eigenvalue weighted by Crippen LogP contribution is 2.31. The maximum Gasteiger partial charge on any atom is 0.270 e. The molecule has 12 heteroatoms. The minimum atomic E-state index is 0.0185. The Morgan fingerprint density at radius 3 is 2.03 bits per heavy atom. The van der Waals surface area contributed by atoms with Crippen molar-refractivity contribution in [3.05, 3.63) is 75.5 Å². The highest BCUT2D eigenvalue weighted by Gasteiger charge is 2.30. The van der Waals surface area contributed by atoms with Crippen molar-refractivity contribution in [2.75, 3.05) is 4.90 Å². The van der Waals surface area contributed by atoms with Crippen molar-refractivity contribution in [3.8, 4) is 23.0 Å². The van der Waals surface area contributed by atoms with Crippen LogP contribution in [0.2, 0.25) is 0 Å². The van der Waals surface area contributed by atoms with Crippen LogP contribution in [-0.4, -0.2) is 45.4 Å². The molecular weight excluding hydrogens is 566 g/mol. The fourth-order valence-corrected chi connectivity index (χ4v) is 5.24. The zero-order valence-electron chi connectivity index (χ0n) is 21.4. The Kier molecular flexibility index (Phi) is 7.43. The zero-order chi connectivity index (χ0) is 26.8. The van der Waals surface area contributed by atoms with E-state index in [1.165, 1.54) is 11.3 Å². The van der Waals surface area contributed by atoms with E-state index in [0.29, 0.717) is 24.2 Å². The van der Waals surface area contributed by atoms with E-state index in [0.717, 1.165) is 32.3 Å². The molecule has 6 rings (SSSR count). The molecule has 0 unspecified atom stereocenters. The lowest BCUT2D eigenvalue weighted by Crippen LogP contribution is -2.24. The van der Waals surface area contributed by atoms with Crippen LogP contribution in [0.1, 0.15) is 55.0 Å². The molecule has 0 saturated heterocycles. The van der Waals surface area contributed by atoms with Gasteiger partial charge in [0.2, 0.25) is 0 Å². The minimum absolute atomic E-state index is 0.0185. The van der Waals surface area contributed by atoms with Crippen LogP contribution in [0, 0.1) is 0 Å². The van der Waals surface area contributed by atoms with Gasteiger partial charge in [-0.1, -0.05) is 12.1 Å². The Balaban J connectivity index is 0.000000170. The number of hydrogen-bond donors (Lipinski definition) is 0. The lowest BCUT2D eigenvalue weighted by molar-refractivity contribution is 0.0999. The Bertz CT molecular complexity index is 1570. The number of amides is 1. The van der Waals surface area contributed by atoms with Gasteiger partial charge in [-0.15, -0.1) is 31.7 Å². The lowest BCUT2D eigenvalue weighted by atomic mass is 10.3. The van der Waals surface area contributed by atoms with Crippen LogP contribution in [0.25, 0.3) is 23.0 Å². The Hall–Kier alpha value is -3.77. The summed E-state index contributed by atoms with van der Waals surface area (Å²) in [7, 11) is 0. The first-order chi connectivity index (χ1) is 18.3. The lowest BCUT2D eigenvalue weighted by Gasteiger charge is -2.16. The maximum atomic E-state index is 12.5. The molecule has 1 amide bonds. The van der Waals surface area contributed by atoms with Gasteiger partial charge in [0.05, 0.1) is 11.4 Å². The van der Waals surface area contributed by atoms with E-state index in [9.17, 15) is 4.79 Å². The Morgan fingerprint density at radius 2 is 1.45 bits per heavy atom. The number of thiophene rings is 1. The van der Waals surface area contributed by atoms with Gasteiger partial charge in [0, 0.05) is 12.1 Å². The number of hydrogen-bond acceptors (Lipinski definition) is 8. The maximum absolute atomic E-state index is 12.5. The van der Waals surface area contributed by atoms with Crippen LogP contribution in [0.15, 0.2) is 65.1 Å². The van der Waals surface area contributed by atoms with Crippen molar-refractivity contribution in [2.24, 2.45) is 0 Å². The molecule has 0 atom stereocenters. The summed E-state index contributed by atoms with van der Waals surface area (Å²) >= 11 is 4.82. The van der Waals surface area contributed by atoms with Crippen molar-refractivity contribution >= 4 is 39.0 Å². The third-order valence-electron chi connectivity index (χ3n) is 5.96. The number of aromatic nitrogens is 8. The Morgan fingerprint density at radius 1 is 0.842 bits per heavy atom. The molecular formula is C26H26BrN9OS. The van der Waals surface area contributed by atoms with Gasteiger partial charge in [-0.05, 0) is 84.9 Å². The summed E-state index contributed by atoms with van der Waals surface area (Å²) in [5.74, 6) is 2.17. The smallest absolute Gasteiger partial charge is 0.270 e. The van der Waals surface area contributed by atoms with Gasteiger partial charge in [0.15, 0.2) is 11.6 Å². The third-order valence-corrected chi connectivity index (χ3v) is 7.34. The van der Waals surface area contributed by atoms with Crippen molar-refractivity contribution < 1.29 is 4.79 Å². The first-order valence-electron chi connectivity index (χ1n) is 12.1. The quantitative estimate of drug-likeness (QED) is 0.237. The average molecular weight is 593 g/mol. The molecule has 0 aromatic carbocycles. The van der Waals surface area contributed by atoms with E-state index >= 15 is 0 Å². The second-order valence-corrected chi connectivity index (χ2v) is 10.9. The van der Waals surface area contributed by atoms with Crippen LogP contribution >= 0.6 is 27.3 Å². The van der Waals surface area contributed by atoms with Crippen LogP contribution in [-0.2, 0) is 6.54 Å². The minimum Gasteiger partial charge on any atom is -0.310 e. The highest BCUT2D eigenvalue weighted by molar-refractivity contribution is 9.10. The zero-order valence-corrected chi connectivity index (χ0v) is 23.8. The van der Waals surface area contributed by atoms with Crippen LogP contribution in [0.4, 0.5) is 5.82 Å². The summed E-state index contributed by atoms with van der Waals surface area (Å²) in [6.45, 7) is 8.89. The predicted octanol–water partition coefficient (Wildman–Crippen LogP) is 5.83. The van der Waals surface area contributed by atoms with Crippen molar-refractivity contribution in [1.29, 1.82) is 0 Å². The number of nitrogens with zero attached hydrogens (tertiary/aromatic N) is 9. The molecule has 38 heavy (non-hydrogen) atoms. The number of rotatable bonds is 5. The molecule has 0 aliphatic carbocycles. The fraction of sp³-hybridized carbons (Fsp3) is 0.269. The molecule has 6 heterocycles. The predicted molar refractivity (Wildman–Crippen MR) is 150 cm³/mol. The van der Waals surface area contributed by atoms with E-state index in [1.807, 2.05) is 57.0 Å². The second-order valence-electron chi connectivity index (χ2n) is 9.20. The van der Waals surface area contributed by atoms with Gasteiger partial charge in [-0.3, -0.25) is 9.69 Å². The molecule has 0 bridgehead atoms. The summed E-state index contributed by atoms with van der Waals surface area (Å²) in [6.07, 6.45) is 3.43. The van der Waals surface area contributed by atoms with Crippen molar-refractivity contribution in [3.63, 3.8) is 0 Å². The van der Waals surface area contributed by atoms with Crippen molar-refractivity contribution in [2.45, 2.75) is 46.3 Å². The number of carbonyl (C=O) groups excluding carboxylic acids is 1. The van der Waals surface area contributed by atoms with E-state index in [2.05, 4.69) is 74.0 Å². The van der Waals surface area contributed by atoms with Gasteiger partial charge in [-0.2, -0.15) is 0 Å². The molecule has 1 aliphatic heterocycles. The summed E-state index contributed by atoms with van der Waals surface area (Å²) in [5.41, 5.74) is 2.62. The monoisotopic (exact) mass is 591 g/mol. The average Bonchev–Trinajstić information content (AvgIpc) is 3.70. The number of anilines is 1. The number of fused-ring (bicyclic) bond motifs is 1. The molecule has 0 spiro atoms. The van der Waals surface area contributed by atoms with Gasteiger partial charge in [0.1, 0.15) is 34.5 Å². The first kappa shape index (κ1) is 25.9. The number of carbonyl (C=O) groups is 1. The first-order valence-corrected chi connectivity index (χ1v) is 13.8. The molecule has 0 radical (unpaired) electrons. The van der Waals surface area contributed by atoms with Crippen LogP contribution in [0.3, 0.4) is 0 Å². The molecule has 1 aliphatic rings. The number of halogens is 1. The molecule has 0 saturated carbocycles. The van der Waals surface area contributed by atoms with E-state index < -0.39 is 0 Å². The van der Waals surface area contributed by atoms with E-state index in [4.69, 9.17) is 0 Å². The molecule has 194 valence electrons. The highest BCUT2D eigenvalue weighted by atomic mass is 79.9. The molecule has 5 aromatic rings. The molecule has 0 fully saturated rings. The standard InChI is InChI=1S/C16H15N5OS.C10H11BrN4/c1-10(2)21-9-17-19-15(21)12-4-3-5-13(18-12)20-8-11-6-7-23-14(11)16(20)22;1-7(2)15-6-12-14-10(15)8-4-3-5-9(11)13-8/h3-7,9-10H,8H2,1-2H3;3-7H,1-2H3. The SMILES string of the molecule is CC(C)n1cnnc1-c1cccc(Br)n1.CC(C)n1cnnc1-c1cccc(N2Cc3ccsc3C2=O)n1. The summed E-state index contributed by atoms with van der Waals surface area (Å²) in [6, 6.07) is 14.0. The van der Waals surface area contributed by atoms with Crippen molar-refractivity contribution in [1.82, 2.24) is 39.5 Å². The topological polar surface area (TPSA) is 108 Å². The van der Waals surface area contributed by atoms with Gasteiger partial charge >= 0.3 is 0 Å². The second kappa shape index (κ2) is 10.9. The Labute approximate surface area is 232 Å².